The Morgan fingerprint density at radius 2 is 1.92 bits per heavy atom. The molecule has 2 N–H and O–H groups in total. The highest BCUT2D eigenvalue weighted by atomic mass is 16.3. The van der Waals surface area contributed by atoms with Crippen LogP contribution < -0.4 is 0 Å². The second-order valence-corrected chi connectivity index (χ2v) is 6.99. The van der Waals surface area contributed by atoms with Gasteiger partial charge >= 0.3 is 0 Å². The van der Waals surface area contributed by atoms with Crippen LogP contribution >= 0.6 is 0 Å². The van der Waals surface area contributed by atoms with E-state index in [-0.39, 0.29) is 5.41 Å². The van der Waals surface area contributed by atoms with Gasteiger partial charge in [-0.05, 0) is 55.1 Å². The summed E-state index contributed by atoms with van der Waals surface area (Å²) in [4.78, 5) is 2.49. The molecule has 1 heterocycles. The third kappa shape index (κ3) is 3.57. The van der Waals surface area contributed by atoms with Crippen molar-refractivity contribution in [3.05, 3.63) is 59.7 Å². The molecule has 1 fully saturated rings. The van der Waals surface area contributed by atoms with E-state index in [2.05, 4.69) is 17.9 Å². The van der Waals surface area contributed by atoms with E-state index in [4.69, 9.17) is 0 Å². The average Bonchev–Trinajstić information content (AvgIpc) is 2.99. The lowest BCUT2D eigenvalue weighted by atomic mass is 9.76. The zero-order valence-electron chi connectivity index (χ0n) is 14.4. The van der Waals surface area contributed by atoms with Crippen molar-refractivity contribution in [1.82, 2.24) is 4.90 Å². The quantitative estimate of drug-likeness (QED) is 0.841. The van der Waals surface area contributed by atoms with Crippen molar-refractivity contribution < 1.29 is 10.2 Å². The first-order chi connectivity index (χ1) is 11.6. The van der Waals surface area contributed by atoms with E-state index in [1.165, 1.54) is 5.56 Å². The molecule has 0 radical (unpaired) electrons. The first kappa shape index (κ1) is 16.8. The maximum absolute atomic E-state index is 9.93. The van der Waals surface area contributed by atoms with Gasteiger partial charge in [-0.15, -0.1) is 0 Å². The minimum Gasteiger partial charge on any atom is -0.508 e. The van der Waals surface area contributed by atoms with Gasteiger partial charge in [0, 0.05) is 18.5 Å². The minimum absolute atomic E-state index is 0.145. The SMILES string of the molecule is CCCC1(c2cccc(O)c2)CCN(CCc2ccccc2O)C1. The second-order valence-electron chi connectivity index (χ2n) is 6.99. The molecule has 0 amide bonds. The minimum atomic E-state index is 0.145. The zero-order valence-corrected chi connectivity index (χ0v) is 14.4. The summed E-state index contributed by atoms with van der Waals surface area (Å²) in [5.74, 6) is 0.750. The van der Waals surface area contributed by atoms with Gasteiger partial charge in [0.2, 0.25) is 0 Å². The third-order valence-electron chi connectivity index (χ3n) is 5.31. The van der Waals surface area contributed by atoms with Crippen molar-refractivity contribution in [3.8, 4) is 11.5 Å². The molecule has 0 spiro atoms. The summed E-state index contributed by atoms with van der Waals surface area (Å²) in [5, 5.41) is 19.8. The first-order valence-electron chi connectivity index (χ1n) is 8.92. The molecule has 0 aromatic heterocycles. The number of nitrogens with zero attached hydrogens (tertiary/aromatic N) is 1. The van der Waals surface area contributed by atoms with Crippen LogP contribution in [-0.2, 0) is 11.8 Å². The van der Waals surface area contributed by atoms with Gasteiger partial charge in [0.05, 0.1) is 0 Å². The van der Waals surface area contributed by atoms with Crippen LogP contribution in [0, 0.1) is 0 Å². The number of likely N-dealkylation sites (tertiary alicyclic amines) is 1. The molecule has 24 heavy (non-hydrogen) atoms. The van der Waals surface area contributed by atoms with E-state index in [9.17, 15) is 10.2 Å². The lowest BCUT2D eigenvalue weighted by Gasteiger charge is -2.30. The Morgan fingerprint density at radius 3 is 2.67 bits per heavy atom. The fraction of sp³-hybridized carbons (Fsp3) is 0.429. The van der Waals surface area contributed by atoms with Gasteiger partial charge < -0.3 is 15.1 Å². The van der Waals surface area contributed by atoms with E-state index in [0.29, 0.717) is 11.5 Å². The van der Waals surface area contributed by atoms with E-state index in [1.807, 2.05) is 30.3 Å². The highest BCUT2D eigenvalue weighted by molar-refractivity contribution is 5.35. The van der Waals surface area contributed by atoms with Crippen molar-refractivity contribution in [1.29, 1.82) is 0 Å². The Bertz CT molecular complexity index is 685. The van der Waals surface area contributed by atoms with E-state index in [1.54, 1.807) is 12.1 Å². The predicted octanol–water partition coefficient (Wildman–Crippen LogP) is 4.08. The number of para-hydroxylation sites is 1. The largest absolute Gasteiger partial charge is 0.508 e. The number of phenols is 2. The molecule has 1 aliphatic rings. The van der Waals surface area contributed by atoms with Gasteiger partial charge in [0.15, 0.2) is 0 Å². The molecule has 2 aromatic rings. The average molecular weight is 325 g/mol. The van der Waals surface area contributed by atoms with E-state index < -0.39 is 0 Å². The fourth-order valence-corrected chi connectivity index (χ4v) is 4.05. The zero-order chi connectivity index (χ0) is 17.0. The second kappa shape index (κ2) is 7.27. The van der Waals surface area contributed by atoms with Crippen molar-refractivity contribution in [2.45, 2.75) is 38.0 Å². The highest BCUT2D eigenvalue weighted by Crippen LogP contribution is 2.39. The highest BCUT2D eigenvalue weighted by Gasteiger charge is 2.38. The van der Waals surface area contributed by atoms with Crippen LogP contribution in [0.4, 0.5) is 0 Å². The lowest BCUT2D eigenvalue weighted by Crippen LogP contribution is -2.32. The van der Waals surface area contributed by atoms with E-state index >= 15 is 0 Å². The van der Waals surface area contributed by atoms with Crippen LogP contribution in [0.25, 0.3) is 0 Å². The maximum atomic E-state index is 9.93. The third-order valence-corrected chi connectivity index (χ3v) is 5.31. The van der Waals surface area contributed by atoms with Crippen molar-refractivity contribution in [2.24, 2.45) is 0 Å². The summed E-state index contributed by atoms with van der Waals surface area (Å²) in [5.41, 5.74) is 2.42. The summed E-state index contributed by atoms with van der Waals surface area (Å²) in [6.45, 7) is 5.29. The van der Waals surface area contributed by atoms with Crippen LogP contribution in [0.2, 0.25) is 0 Å². The molecule has 1 saturated heterocycles. The summed E-state index contributed by atoms with van der Waals surface area (Å²) >= 11 is 0. The summed E-state index contributed by atoms with van der Waals surface area (Å²) in [7, 11) is 0. The number of phenolic OH excluding ortho intramolecular Hbond substituents is 2. The lowest BCUT2D eigenvalue weighted by molar-refractivity contribution is 0.303. The fourth-order valence-electron chi connectivity index (χ4n) is 4.05. The number of benzene rings is 2. The molecule has 0 saturated carbocycles. The molecule has 2 aromatic carbocycles. The molecule has 1 aliphatic heterocycles. The number of hydrogen-bond acceptors (Lipinski definition) is 3. The monoisotopic (exact) mass is 325 g/mol. The van der Waals surface area contributed by atoms with Gasteiger partial charge in [0.25, 0.3) is 0 Å². The molecule has 128 valence electrons. The summed E-state index contributed by atoms with van der Waals surface area (Å²) in [6.07, 6.45) is 4.28. The summed E-state index contributed by atoms with van der Waals surface area (Å²) < 4.78 is 0. The Balaban J connectivity index is 1.70. The van der Waals surface area contributed by atoms with Crippen molar-refractivity contribution in [2.75, 3.05) is 19.6 Å². The number of aromatic hydroxyl groups is 2. The van der Waals surface area contributed by atoms with Crippen LogP contribution in [0.5, 0.6) is 11.5 Å². The maximum Gasteiger partial charge on any atom is 0.118 e. The predicted molar refractivity (Wildman–Crippen MR) is 97.6 cm³/mol. The van der Waals surface area contributed by atoms with Crippen LogP contribution in [0.1, 0.15) is 37.3 Å². The first-order valence-corrected chi connectivity index (χ1v) is 8.92. The van der Waals surface area contributed by atoms with Gasteiger partial charge in [-0.2, -0.15) is 0 Å². The Labute approximate surface area is 144 Å². The molecule has 0 aliphatic carbocycles. The summed E-state index contributed by atoms with van der Waals surface area (Å²) in [6, 6.07) is 15.4. The molecule has 1 unspecified atom stereocenters. The molecular formula is C21H27NO2. The normalized spacial score (nSPS) is 21.2. The topological polar surface area (TPSA) is 43.7 Å². The van der Waals surface area contributed by atoms with Gasteiger partial charge in [0.1, 0.15) is 11.5 Å². The van der Waals surface area contributed by atoms with Crippen molar-refractivity contribution >= 4 is 0 Å². The van der Waals surface area contributed by atoms with Gasteiger partial charge in [-0.25, -0.2) is 0 Å². The molecule has 1 atom stereocenters. The Hall–Kier alpha value is -2.00. The van der Waals surface area contributed by atoms with Crippen LogP contribution in [0.15, 0.2) is 48.5 Å². The van der Waals surface area contributed by atoms with Gasteiger partial charge in [-0.1, -0.05) is 43.7 Å². The Morgan fingerprint density at radius 1 is 1.08 bits per heavy atom. The van der Waals surface area contributed by atoms with E-state index in [0.717, 1.165) is 50.9 Å². The number of hydrogen-bond donors (Lipinski definition) is 2. The Kier molecular flexibility index (Phi) is 5.10. The van der Waals surface area contributed by atoms with Crippen molar-refractivity contribution in [3.63, 3.8) is 0 Å². The molecule has 3 rings (SSSR count). The molecule has 3 heteroatoms. The van der Waals surface area contributed by atoms with Crippen LogP contribution in [-0.4, -0.2) is 34.7 Å². The molecule has 3 nitrogen and oxygen atoms in total. The van der Waals surface area contributed by atoms with Crippen LogP contribution in [0.3, 0.4) is 0 Å². The molecule has 0 bridgehead atoms. The molecular weight excluding hydrogens is 298 g/mol. The van der Waals surface area contributed by atoms with Gasteiger partial charge in [-0.3, -0.25) is 0 Å². The smallest absolute Gasteiger partial charge is 0.118 e. The standard InChI is InChI=1S/C21H27NO2/c1-2-11-21(18-7-5-8-19(23)15-18)12-14-22(16-21)13-10-17-6-3-4-9-20(17)24/h3-9,15,23-24H,2,10-14,16H2,1H3. The number of rotatable bonds is 6.